The maximum absolute atomic E-state index is 12.2. The van der Waals surface area contributed by atoms with E-state index in [0.717, 1.165) is 34.5 Å². The molecule has 5 heteroatoms. The number of anilines is 2. The van der Waals surface area contributed by atoms with Crippen LogP contribution in [0.2, 0.25) is 0 Å². The third kappa shape index (κ3) is 3.88. The number of ether oxygens (including phenoxy) is 1. The predicted molar refractivity (Wildman–Crippen MR) is 98.5 cm³/mol. The summed E-state index contributed by atoms with van der Waals surface area (Å²) in [5.41, 5.74) is 4.72. The van der Waals surface area contributed by atoms with Crippen molar-refractivity contribution >= 4 is 23.2 Å². The quantitative estimate of drug-likeness (QED) is 0.927. The summed E-state index contributed by atoms with van der Waals surface area (Å²) in [6.07, 6.45) is 0.895. The summed E-state index contributed by atoms with van der Waals surface area (Å²) in [4.78, 5) is 25.3. The lowest BCUT2D eigenvalue weighted by atomic mass is 10.0. The van der Waals surface area contributed by atoms with Crippen LogP contribution in [-0.2, 0) is 20.9 Å². The van der Waals surface area contributed by atoms with Gasteiger partial charge in [0, 0.05) is 30.4 Å². The Kier molecular flexibility index (Phi) is 5.14. The number of hydrogen-bond acceptors (Lipinski definition) is 3. The first kappa shape index (κ1) is 17.2. The molecule has 0 spiro atoms. The van der Waals surface area contributed by atoms with Gasteiger partial charge >= 0.3 is 0 Å². The Bertz CT molecular complexity index is 801. The molecule has 2 aromatic carbocycles. The number of hydrogen-bond donors (Lipinski definition) is 1. The van der Waals surface area contributed by atoms with Gasteiger partial charge in [-0.05, 0) is 41.8 Å². The molecule has 3 rings (SSSR count). The molecule has 1 aliphatic rings. The zero-order chi connectivity index (χ0) is 17.8. The molecular weight excluding hydrogens is 316 g/mol. The number of nitrogens with zero attached hydrogens (tertiary/aromatic N) is 1. The molecule has 0 atom stereocenters. The zero-order valence-corrected chi connectivity index (χ0v) is 14.5. The lowest BCUT2D eigenvalue weighted by molar-refractivity contribution is -0.123. The first-order valence-electron chi connectivity index (χ1n) is 8.47. The lowest BCUT2D eigenvalue weighted by Crippen LogP contribution is -2.33. The van der Waals surface area contributed by atoms with Crippen LogP contribution in [0.15, 0.2) is 42.5 Å². The molecule has 0 aromatic heterocycles. The van der Waals surface area contributed by atoms with E-state index in [1.807, 2.05) is 36.4 Å². The maximum Gasteiger partial charge on any atom is 0.252 e. The second kappa shape index (κ2) is 7.49. The van der Waals surface area contributed by atoms with Crippen molar-refractivity contribution in [3.63, 3.8) is 0 Å². The summed E-state index contributed by atoms with van der Waals surface area (Å²) < 4.78 is 5.53. The van der Waals surface area contributed by atoms with Crippen LogP contribution in [-0.4, -0.2) is 25.0 Å². The third-order valence-corrected chi connectivity index (χ3v) is 4.12. The summed E-state index contributed by atoms with van der Waals surface area (Å²) in [5.74, 6) is -0.0952. The Balaban J connectivity index is 1.97. The monoisotopic (exact) mass is 338 g/mol. The first-order chi connectivity index (χ1) is 12.1. The molecule has 25 heavy (non-hydrogen) atoms. The van der Waals surface area contributed by atoms with E-state index in [-0.39, 0.29) is 18.4 Å². The van der Waals surface area contributed by atoms with E-state index in [1.54, 1.807) is 4.90 Å². The van der Waals surface area contributed by atoms with Gasteiger partial charge in [0.25, 0.3) is 5.91 Å². The Hall–Kier alpha value is -2.66. The fraction of sp³-hybridized carbons (Fsp3) is 0.300. The van der Waals surface area contributed by atoms with Gasteiger partial charge in [0.1, 0.15) is 6.61 Å². The summed E-state index contributed by atoms with van der Waals surface area (Å²) in [5, 5.41) is 2.80. The van der Waals surface area contributed by atoms with Crippen LogP contribution in [0.3, 0.4) is 0 Å². The second-order valence-electron chi connectivity index (χ2n) is 6.14. The van der Waals surface area contributed by atoms with E-state index in [2.05, 4.69) is 18.3 Å². The molecule has 130 valence electrons. The third-order valence-electron chi connectivity index (χ3n) is 4.12. The summed E-state index contributed by atoms with van der Waals surface area (Å²) in [6.45, 7) is 4.77. The minimum absolute atomic E-state index is 0.000931. The highest BCUT2D eigenvalue weighted by atomic mass is 16.5. The van der Waals surface area contributed by atoms with Gasteiger partial charge < -0.3 is 15.0 Å². The smallest absolute Gasteiger partial charge is 0.252 e. The molecule has 0 aliphatic carbocycles. The molecule has 0 unspecified atom stereocenters. The molecule has 2 amide bonds. The number of carbonyl (C=O) groups is 2. The molecule has 5 nitrogen and oxygen atoms in total. The minimum Gasteiger partial charge on any atom is -0.367 e. The molecule has 1 aliphatic heterocycles. The van der Waals surface area contributed by atoms with Crippen molar-refractivity contribution in [2.24, 2.45) is 0 Å². The number of nitrogens with one attached hydrogen (secondary N) is 1. The van der Waals surface area contributed by atoms with Gasteiger partial charge in [-0.2, -0.15) is 0 Å². The van der Waals surface area contributed by atoms with Crippen LogP contribution in [0.25, 0.3) is 11.1 Å². The number of amides is 2. The van der Waals surface area contributed by atoms with Crippen LogP contribution in [0.4, 0.5) is 11.4 Å². The standard InChI is InChI=1S/C20H22N2O3/c1-3-9-22-19-8-7-16(10-17(19)12-25-13-20(22)24)15-5-4-6-18(11-15)21-14(2)23/h4-8,10-11H,3,9,12-13H2,1-2H3,(H,21,23). The fourth-order valence-electron chi connectivity index (χ4n) is 3.05. The van der Waals surface area contributed by atoms with E-state index in [1.165, 1.54) is 6.92 Å². The number of rotatable bonds is 4. The fourth-order valence-corrected chi connectivity index (χ4v) is 3.05. The summed E-state index contributed by atoms with van der Waals surface area (Å²) >= 11 is 0. The normalized spacial score (nSPS) is 14.0. The van der Waals surface area contributed by atoms with Crippen LogP contribution < -0.4 is 10.2 Å². The van der Waals surface area contributed by atoms with Crippen molar-refractivity contribution in [2.45, 2.75) is 26.9 Å². The number of fused-ring (bicyclic) bond motifs is 1. The molecular formula is C20H22N2O3. The van der Waals surface area contributed by atoms with Crippen LogP contribution in [0, 0.1) is 0 Å². The number of carbonyl (C=O) groups excluding carboxylic acids is 2. The van der Waals surface area contributed by atoms with Crippen molar-refractivity contribution < 1.29 is 14.3 Å². The maximum atomic E-state index is 12.2. The largest absolute Gasteiger partial charge is 0.367 e. The van der Waals surface area contributed by atoms with Gasteiger partial charge in [-0.1, -0.05) is 25.1 Å². The molecule has 1 heterocycles. The molecule has 1 N–H and O–H groups in total. The Morgan fingerprint density at radius 3 is 2.72 bits per heavy atom. The van der Waals surface area contributed by atoms with Crippen LogP contribution in [0.5, 0.6) is 0 Å². The van der Waals surface area contributed by atoms with Crippen LogP contribution in [0.1, 0.15) is 25.8 Å². The van der Waals surface area contributed by atoms with Gasteiger partial charge in [0.2, 0.25) is 5.91 Å². The van der Waals surface area contributed by atoms with Crippen LogP contribution >= 0.6 is 0 Å². The average Bonchev–Trinajstić information content (AvgIpc) is 2.74. The van der Waals surface area contributed by atoms with E-state index >= 15 is 0 Å². The van der Waals surface area contributed by atoms with Gasteiger partial charge in [0.15, 0.2) is 0 Å². The SMILES string of the molecule is CCCN1C(=O)COCc2cc(-c3cccc(NC(C)=O)c3)ccc21. The van der Waals surface area contributed by atoms with Gasteiger partial charge in [-0.25, -0.2) is 0 Å². The van der Waals surface area contributed by atoms with E-state index < -0.39 is 0 Å². The van der Waals surface area contributed by atoms with Crippen molar-refractivity contribution in [3.05, 3.63) is 48.0 Å². The lowest BCUT2D eigenvalue weighted by Gasteiger charge is -2.22. The topological polar surface area (TPSA) is 58.6 Å². The van der Waals surface area contributed by atoms with Crippen molar-refractivity contribution in [1.82, 2.24) is 0 Å². The van der Waals surface area contributed by atoms with Crippen molar-refractivity contribution in [2.75, 3.05) is 23.4 Å². The second-order valence-corrected chi connectivity index (χ2v) is 6.14. The zero-order valence-electron chi connectivity index (χ0n) is 14.5. The molecule has 0 saturated heterocycles. The Labute approximate surface area is 147 Å². The first-order valence-corrected chi connectivity index (χ1v) is 8.47. The number of benzene rings is 2. The molecule has 0 bridgehead atoms. The molecule has 0 radical (unpaired) electrons. The molecule has 2 aromatic rings. The van der Waals surface area contributed by atoms with Gasteiger partial charge in [-0.15, -0.1) is 0 Å². The Morgan fingerprint density at radius 2 is 1.96 bits per heavy atom. The van der Waals surface area contributed by atoms with E-state index in [4.69, 9.17) is 4.74 Å². The Morgan fingerprint density at radius 1 is 1.16 bits per heavy atom. The molecule has 0 fully saturated rings. The molecule has 0 saturated carbocycles. The minimum atomic E-state index is -0.0961. The highest BCUT2D eigenvalue weighted by Gasteiger charge is 2.22. The van der Waals surface area contributed by atoms with Gasteiger partial charge in [-0.3, -0.25) is 9.59 Å². The van der Waals surface area contributed by atoms with Crippen molar-refractivity contribution in [1.29, 1.82) is 0 Å². The predicted octanol–water partition coefficient (Wildman–Crippen LogP) is 3.59. The summed E-state index contributed by atoms with van der Waals surface area (Å²) in [6, 6.07) is 13.8. The van der Waals surface area contributed by atoms with Crippen molar-refractivity contribution in [3.8, 4) is 11.1 Å². The van der Waals surface area contributed by atoms with E-state index in [0.29, 0.717) is 13.2 Å². The average molecular weight is 338 g/mol. The highest BCUT2D eigenvalue weighted by Crippen LogP contribution is 2.31. The highest BCUT2D eigenvalue weighted by molar-refractivity contribution is 5.96. The van der Waals surface area contributed by atoms with Gasteiger partial charge in [0.05, 0.1) is 6.61 Å². The van der Waals surface area contributed by atoms with E-state index in [9.17, 15) is 9.59 Å². The summed E-state index contributed by atoms with van der Waals surface area (Å²) in [7, 11) is 0.